The van der Waals surface area contributed by atoms with Crippen LogP contribution in [0, 0.1) is 6.92 Å². The van der Waals surface area contributed by atoms with Gasteiger partial charge in [0.2, 0.25) is 0 Å². The summed E-state index contributed by atoms with van der Waals surface area (Å²) in [5, 5.41) is 5.66. The summed E-state index contributed by atoms with van der Waals surface area (Å²) in [6, 6.07) is 5.44. The first-order valence-corrected chi connectivity index (χ1v) is 6.89. The molecular formula is C16H22N2O4. The Morgan fingerprint density at radius 2 is 1.91 bits per heavy atom. The van der Waals surface area contributed by atoms with Gasteiger partial charge in [-0.2, -0.15) is 0 Å². The molecule has 0 aliphatic heterocycles. The number of carbonyl (C=O) groups excluding carboxylic acids is 2. The molecule has 0 saturated heterocycles. The SMILES string of the molecule is COC(=O)/C=C(\Nc1cc(C)ccc1OC)C(=O)NC(C)C. The summed E-state index contributed by atoms with van der Waals surface area (Å²) in [6.45, 7) is 5.59. The number of esters is 1. The summed E-state index contributed by atoms with van der Waals surface area (Å²) in [7, 11) is 2.79. The maximum Gasteiger partial charge on any atom is 0.332 e. The van der Waals surface area contributed by atoms with Crippen LogP contribution in [0.1, 0.15) is 19.4 Å². The number of hydrogen-bond acceptors (Lipinski definition) is 5. The average Bonchev–Trinajstić information content (AvgIpc) is 2.45. The molecule has 0 heterocycles. The van der Waals surface area contributed by atoms with E-state index in [2.05, 4.69) is 15.4 Å². The number of benzene rings is 1. The van der Waals surface area contributed by atoms with Gasteiger partial charge in [-0.25, -0.2) is 4.79 Å². The third-order valence-electron chi connectivity index (χ3n) is 2.75. The quantitative estimate of drug-likeness (QED) is 0.621. The van der Waals surface area contributed by atoms with Crippen LogP contribution in [0.5, 0.6) is 5.75 Å². The first kappa shape index (κ1) is 17.6. The summed E-state index contributed by atoms with van der Waals surface area (Å²) in [4.78, 5) is 23.7. The van der Waals surface area contributed by atoms with Crippen LogP contribution in [0.2, 0.25) is 0 Å². The second-order valence-electron chi connectivity index (χ2n) is 5.04. The molecule has 1 amide bonds. The van der Waals surface area contributed by atoms with Crippen molar-refractivity contribution in [3.8, 4) is 5.75 Å². The first-order chi connectivity index (χ1) is 10.4. The van der Waals surface area contributed by atoms with Gasteiger partial charge in [-0.1, -0.05) is 6.07 Å². The minimum atomic E-state index is -0.618. The molecule has 0 aliphatic carbocycles. The van der Waals surface area contributed by atoms with Crippen molar-refractivity contribution < 1.29 is 19.1 Å². The number of ether oxygens (including phenoxy) is 2. The van der Waals surface area contributed by atoms with E-state index in [9.17, 15) is 9.59 Å². The standard InChI is InChI=1S/C16H22N2O4/c1-10(2)17-16(20)13(9-15(19)22-5)18-12-8-11(3)6-7-14(12)21-4/h6-10,18H,1-5H3,(H,17,20)/b13-9-. The fourth-order valence-corrected chi connectivity index (χ4v) is 1.74. The molecule has 120 valence electrons. The maximum atomic E-state index is 12.2. The topological polar surface area (TPSA) is 76.7 Å². The smallest absolute Gasteiger partial charge is 0.332 e. The highest BCUT2D eigenvalue weighted by atomic mass is 16.5. The van der Waals surface area contributed by atoms with E-state index in [-0.39, 0.29) is 11.7 Å². The Morgan fingerprint density at radius 3 is 2.45 bits per heavy atom. The van der Waals surface area contributed by atoms with Crippen molar-refractivity contribution in [2.45, 2.75) is 26.8 Å². The van der Waals surface area contributed by atoms with Gasteiger partial charge in [0.25, 0.3) is 5.91 Å². The normalized spacial score (nSPS) is 11.1. The fraction of sp³-hybridized carbons (Fsp3) is 0.375. The largest absolute Gasteiger partial charge is 0.495 e. The molecule has 0 spiro atoms. The van der Waals surface area contributed by atoms with Gasteiger partial charge in [0.1, 0.15) is 11.4 Å². The minimum absolute atomic E-state index is 0.0604. The number of rotatable bonds is 6. The third-order valence-corrected chi connectivity index (χ3v) is 2.75. The lowest BCUT2D eigenvalue weighted by Crippen LogP contribution is -2.34. The molecular weight excluding hydrogens is 284 g/mol. The zero-order valence-electron chi connectivity index (χ0n) is 13.5. The van der Waals surface area contributed by atoms with Crippen LogP contribution in [-0.4, -0.2) is 32.1 Å². The molecule has 0 unspecified atom stereocenters. The molecule has 1 aromatic rings. The molecule has 6 nitrogen and oxygen atoms in total. The van der Waals surface area contributed by atoms with Gasteiger partial charge >= 0.3 is 5.97 Å². The molecule has 1 rings (SSSR count). The van der Waals surface area contributed by atoms with E-state index in [1.54, 1.807) is 6.07 Å². The predicted molar refractivity (Wildman–Crippen MR) is 84.7 cm³/mol. The van der Waals surface area contributed by atoms with Gasteiger partial charge in [0.05, 0.1) is 26.0 Å². The summed E-state index contributed by atoms with van der Waals surface area (Å²) < 4.78 is 9.84. The summed E-state index contributed by atoms with van der Waals surface area (Å²) in [5.74, 6) is -0.448. The van der Waals surface area contributed by atoms with Crippen molar-refractivity contribution in [2.75, 3.05) is 19.5 Å². The Balaban J connectivity index is 3.13. The van der Waals surface area contributed by atoms with Gasteiger partial charge in [-0.15, -0.1) is 0 Å². The van der Waals surface area contributed by atoms with Gasteiger partial charge in [0.15, 0.2) is 0 Å². The van der Waals surface area contributed by atoms with Crippen molar-refractivity contribution in [3.63, 3.8) is 0 Å². The first-order valence-electron chi connectivity index (χ1n) is 6.89. The number of carbonyl (C=O) groups is 2. The molecule has 0 aliphatic rings. The molecule has 0 saturated carbocycles. The van der Waals surface area contributed by atoms with E-state index in [1.807, 2.05) is 32.9 Å². The van der Waals surface area contributed by atoms with E-state index in [0.29, 0.717) is 11.4 Å². The number of anilines is 1. The van der Waals surface area contributed by atoms with Crippen LogP contribution in [0.15, 0.2) is 30.0 Å². The highest BCUT2D eigenvalue weighted by Gasteiger charge is 2.15. The lowest BCUT2D eigenvalue weighted by molar-refractivity contribution is -0.135. The molecule has 0 aromatic heterocycles. The van der Waals surface area contributed by atoms with Gasteiger partial charge in [0, 0.05) is 6.04 Å². The Labute approximate surface area is 130 Å². The predicted octanol–water partition coefficient (Wildman–Crippen LogP) is 2.00. The Hall–Kier alpha value is -2.50. The molecule has 0 radical (unpaired) electrons. The lowest BCUT2D eigenvalue weighted by Gasteiger charge is -2.16. The number of aryl methyl sites for hydroxylation is 1. The molecule has 0 bridgehead atoms. The summed E-state index contributed by atoms with van der Waals surface area (Å²) in [6.07, 6.45) is 1.11. The van der Waals surface area contributed by atoms with Gasteiger partial charge < -0.3 is 20.1 Å². The molecule has 22 heavy (non-hydrogen) atoms. The van der Waals surface area contributed by atoms with Crippen molar-refractivity contribution >= 4 is 17.6 Å². The van der Waals surface area contributed by atoms with Crippen LogP contribution in [-0.2, 0) is 14.3 Å². The highest BCUT2D eigenvalue weighted by molar-refractivity contribution is 6.02. The van der Waals surface area contributed by atoms with E-state index < -0.39 is 11.9 Å². The number of nitrogens with one attached hydrogen (secondary N) is 2. The zero-order valence-corrected chi connectivity index (χ0v) is 13.5. The van der Waals surface area contributed by atoms with Crippen molar-refractivity contribution in [1.29, 1.82) is 0 Å². The third kappa shape index (κ3) is 5.12. The van der Waals surface area contributed by atoms with E-state index in [1.165, 1.54) is 14.2 Å². The second kappa shape index (κ2) is 8.07. The van der Waals surface area contributed by atoms with Crippen LogP contribution < -0.4 is 15.4 Å². The average molecular weight is 306 g/mol. The maximum absolute atomic E-state index is 12.2. The monoisotopic (exact) mass is 306 g/mol. The summed E-state index contributed by atoms with van der Waals surface area (Å²) >= 11 is 0. The van der Waals surface area contributed by atoms with Crippen molar-refractivity contribution in [1.82, 2.24) is 5.32 Å². The summed E-state index contributed by atoms with van der Waals surface area (Å²) in [5.41, 5.74) is 1.67. The Kier molecular flexibility index (Phi) is 6.44. The van der Waals surface area contributed by atoms with Crippen LogP contribution in [0.3, 0.4) is 0 Å². The van der Waals surface area contributed by atoms with E-state index in [0.717, 1.165) is 11.6 Å². The molecule has 0 fully saturated rings. The van der Waals surface area contributed by atoms with Crippen LogP contribution in [0.4, 0.5) is 5.69 Å². The molecule has 0 atom stereocenters. The van der Waals surface area contributed by atoms with E-state index in [4.69, 9.17) is 4.74 Å². The number of hydrogen-bond donors (Lipinski definition) is 2. The van der Waals surface area contributed by atoms with E-state index >= 15 is 0 Å². The molecule has 1 aromatic carbocycles. The number of amides is 1. The second-order valence-corrected chi connectivity index (χ2v) is 5.04. The van der Waals surface area contributed by atoms with Crippen LogP contribution in [0.25, 0.3) is 0 Å². The number of methoxy groups -OCH3 is 2. The van der Waals surface area contributed by atoms with Gasteiger partial charge in [-0.3, -0.25) is 4.79 Å². The van der Waals surface area contributed by atoms with Crippen molar-refractivity contribution in [3.05, 3.63) is 35.5 Å². The Morgan fingerprint density at radius 1 is 1.23 bits per heavy atom. The zero-order chi connectivity index (χ0) is 16.7. The van der Waals surface area contributed by atoms with Gasteiger partial charge in [-0.05, 0) is 38.5 Å². The molecule has 6 heteroatoms. The van der Waals surface area contributed by atoms with Crippen LogP contribution >= 0.6 is 0 Å². The minimum Gasteiger partial charge on any atom is -0.495 e. The Bertz CT molecular complexity index is 580. The highest BCUT2D eigenvalue weighted by Crippen LogP contribution is 2.26. The lowest BCUT2D eigenvalue weighted by atomic mass is 10.2. The fourth-order valence-electron chi connectivity index (χ4n) is 1.74. The van der Waals surface area contributed by atoms with Crippen molar-refractivity contribution in [2.24, 2.45) is 0 Å². The molecule has 2 N–H and O–H groups in total.